The van der Waals surface area contributed by atoms with Gasteiger partial charge in [-0.05, 0) is 18.9 Å². The maximum atomic E-state index is 11.6. The summed E-state index contributed by atoms with van der Waals surface area (Å²) in [5.74, 6) is 1.26. The molecule has 0 fully saturated rings. The van der Waals surface area contributed by atoms with Gasteiger partial charge in [-0.25, -0.2) is 9.97 Å². The second-order valence-electron chi connectivity index (χ2n) is 6.78. The molecular formula is C24H23N3O3. The van der Waals surface area contributed by atoms with E-state index in [0.717, 1.165) is 27.8 Å². The minimum atomic E-state index is -0.188. The smallest absolute Gasteiger partial charge is 0.305 e. The molecule has 152 valence electrons. The van der Waals surface area contributed by atoms with Gasteiger partial charge in [0.1, 0.15) is 17.9 Å². The monoisotopic (exact) mass is 401 g/mol. The van der Waals surface area contributed by atoms with Crippen molar-refractivity contribution in [3.63, 3.8) is 0 Å². The molecule has 1 N–H and O–H groups in total. The van der Waals surface area contributed by atoms with Gasteiger partial charge >= 0.3 is 5.97 Å². The van der Waals surface area contributed by atoms with Gasteiger partial charge in [-0.2, -0.15) is 0 Å². The van der Waals surface area contributed by atoms with Gasteiger partial charge in [-0.3, -0.25) is 4.79 Å². The van der Waals surface area contributed by atoms with Gasteiger partial charge in [0.25, 0.3) is 0 Å². The Morgan fingerprint density at radius 1 is 1.00 bits per heavy atom. The van der Waals surface area contributed by atoms with E-state index in [-0.39, 0.29) is 5.97 Å². The van der Waals surface area contributed by atoms with Crippen molar-refractivity contribution in [2.24, 2.45) is 0 Å². The van der Waals surface area contributed by atoms with Crippen LogP contribution in [-0.2, 0) is 9.53 Å². The summed E-state index contributed by atoms with van der Waals surface area (Å²) < 4.78 is 11.2. The van der Waals surface area contributed by atoms with Crippen LogP contribution in [0.2, 0.25) is 0 Å². The van der Waals surface area contributed by atoms with Gasteiger partial charge in [0.2, 0.25) is 5.71 Å². The second kappa shape index (κ2) is 9.22. The van der Waals surface area contributed by atoms with E-state index in [1.807, 2.05) is 67.6 Å². The fourth-order valence-corrected chi connectivity index (χ4v) is 3.41. The van der Waals surface area contributed by atoms with E-state index in [9.17, 15) is 4.79 Å². The van der Waals surface area contributed by atoms with Crippen LogP contribution in [0.1, 0.15) is 19.8 Å². The van der Waals surface area contributed by atoms with Gasteiger partial charge in [-0.1, -0.05) is 60.7 Å². The van der Waals surface area contributed by atoms with Gasteiger partial charge < -0.3 is 14.5 Å². The number of ether oxygens (including phenoxy) is 1. The van der Waals surface area contributed by atoms with Crippen molar-refractivity contribution in [2.45, 2.75) is 19.8 Å². The molecule has 2 aromatic carbocycles. The number of benzene rings is 2. The second-order valence-corrected chi connectivity index (χ2v) is 6.78. The van der Waals surface area contributed by atoms with E-state index in [1.54, 1.807) is 0 Å². The summed E-state index contributed by atoms with van der Waals surface area (Å²) in [4.78, 5) is 20.4. The highest BCUT2D eigenvalue weighted by molar-refractivity contribution is 6.05. The third-order valence-corrected chi connectivity index (χ3v) is 4.74. The maximum Gasteiger partial charge on any atom is 0.305 e. The zero-order valence-corrected chi connectivity index (χ0v) is 16.8. The lowest BCUT2D eigenvalue weighted by Gasteiger charge is -2.08. The van der Waals surface area contributed by atoms with Crippen LogP contribution in [-0.4, -0.2) is 29.1 Å². The summed E-state index contributed by atoms with van der Waals surface area (Å²) in [6.07, 6.45) is 2.50. The van der Waals surface area contributed by atoms with Gasteiger partial charge in [0.05, 0.1) is 12.0 Å². The summed E-state index contributed by atoms with van der Waals surface area (Å²) >= 11 is 0. The van der Waals surface area contributed by atoms with E-state index in [2.05, 4.69) is 15.3 Å². The largest absolute Gasteiger partial charge is 0.466 e. The zero-order chi connectivity index (χ0) is 20.8. The molecule has 6 heteroatoms. The number of nitrogens with one attached hydrogen (secondary N) is 1. The van der Waals surface area contributed by atoms with E-state index in [4.69, 9.17) is 9.15 Å². The molecule has 0 aliphatic heterocycles. The van der Waals surface area contributed by atoms with Crippen LogP contribution < -0.4 is 5.32 Å². The highest BCUT2D eigenvalue weighted by atomic mass is 16.5. The number of carbonyl (C=O) groups excluding carboxylic acids is 1. The topological polar surface area (TPSA) is 77.2 Å². The highest BCUT2D eigenvalue weighted by Crippen LogP contribution is 2.42. The SMILES string of the molecule is CCOC(=O)CCCNc1ncnc2oc(-c3ccccc3)c(-c3ccccc3)c12. The predicted molar refractivity (Wildman–Crippen MR) is 117 cm³/mol. The Kier molecular flexibility index (Phi) is 6.03. The fourth-order valence-electron chi connectivity index (χ4n) is 3.41. The Morgan fingerprint density at radius 2 is 1.70 bits per heavy atom. The number of esters is 1. The van der Waals surface area contributed by atoms with E-state index < -0.39 is 0 Å². The number of carbonyl (C=O) groups is 1. The first kappa shape index (κ1) is 19.6. The maximum absolute atomic E-state index is 11.6. The van der Waals surface area contributed by atoms with Crippen LogP contribution in [0.5, 0.6) is 0 Å². The van der Waals surface area contributed by atoms with Crippen LogP contribution in [0.3, 0.4) is 0 Å². The summed E-state index contributed by atoms with van der Waals surface area (Å²) in [5.41, 5.74) is 3.47. The zero-order valence-electron chi connectivity index (χ0n) is 16.8. The van der Waals surface area contributed by atoms with Crippen molar-refractivity contribution in [3.05, 3.63) is 67.0 Å². The summed E-state index contributed by atoms with van der Waals surface area (Å²) in [5, 5.41) is 4.17. The summed E-state index contributed by atoms with van der Waals surface area (Å²) in [6, 6.07) is 20.1. The molecule has 6 nitrogen and oxygen atoms in total. The summed E-state index contributed by atoms with van der Waals surface area (Å²) in [7, 11) is 0. The number of aromatic nitrogens is 2. The molecule has 4 aromatic rings. The number of hydrogen-bond acceptors (Lipinski definition) is 6. The quantitative estimate of drug-likeness (QED) is 0.318. The van der Waals surface area contributed by atoms with Crippen LogP contribution in [0, 0.1) is 0 Å². The minimum Gasteiger partial charge on any atom is -0.466 e. The molecule has 0 saturated heterocycles. The van der Waals surface area contributed by atoms with Gasteiger partial charge in [-0.15, -0.1) is 0 Å². The number of rotatable bonds is 8. The average Bonchev–Trinajstić information content (AvgIpc) is 3.18. The Morgan fingerprint density at radius 3 is 2.40 bits per heavy atom. The predicted octanol–water partition coefficient (Wildman–Crippen LogP) is 5.31. The molecule has 0 bridgehead atoms. The van der Waals surface area contributed by atoms with Crippen molar-refractivity contribution in [1.29, 1.82) is 0 Å². The van der Waals surface area contributed by atoms with E-state index >= 15 is 0 Å². The van der Waals surface area contributed by atoms with Gasteiger partial charge in [0.15, 0.2) is 0 Å². The lowest BCUT2D eigenvalue weighted by molar-refractivity contribution is -0.143. The molecule has 0 unspecified atom stereocenters. The van der Waals surface area contributed by atoms with Gasteiger partial charge in [0, 0.05) is 24.1 Å². The number of fused-ring (bicyclic) bond motifs is 1. The molecule has 0 radical (unpaired) electrons. The number of furan rings is 1. The lowest BCUT2D eigenvalue weighted by Crippen LogP contribution is -2.09. The van der Waals surface area contributed by atoms with Crippen molar-refractivity contribution < 1.29 is 13.9 Å². The molecule has 4 rings (SSSR count). The van der Waals surface area contributed by atoms with Crippen molar-refractivity contribution >= 4 is 22.9 Å². The Balaban J connectivity index is 1.72. The Labute approximate surface area is 174 Å². The molecule has 0 spiro atoms. The molecule has 0 saturated carbocycles. The number of hydrogen-bond donors (Lipinski definition) is 1. The first-order valence-electron chi connectivity index (χ1n) is 10.1. The minimum absolute atomic E-state index is 0.188. The number of nitrogens with zero attached hydrogens (tertiary/aromatic N) is 2. The third-order valence-electron chi connectivity index (χ3n) is 4.74. The normalized spacial score (nSPS) is 10.8. The van der Waals surface area contributed by atoms with Crippen LogP contribution in [0.4, 0.5) is 5.82 Å². The van der Waals surface area contributed by atoms with E-state index in [1.165, 1.54) is 6.33 Å². The molecular weight excluding hydrogens is 378 g/mol. The third kappa shape index (κ3) is 4.17. The van der Waals surface area contributed by atoms with Crippen molar-refractivity contribution in [3.8, 4) is 22.5 Å². The molecule has 2 heterocycles. The molecule has 0 aliphatic rings. The molecule has 2 aromatic heterocycles. The van der Waals surface area contributed by atoms with Crippen molar-refractivity contribution in [2.75, 3.05) is 18.5 Å². The molecule has 0 amide bonds. The number of anilines is 1. The molecule has 0 atom stereocenters. The fraction of sp³-hybridized carbons (Fsp3) is 0.208. The standard InChI is InChI=1S/C24H23N3O3/c1-2-29-19(28)14-9-15-25-23-21-20(17-10-5-3-6-11-17)22(18-12-7-4-8-13-18)30-24(21)27-16-26-23/h3-8,10-13,16H,2,9,14-15H2,1H3,(H,25,26,27). The molecule has 0 aliphatic carbocycles. The Hall–Kier alpha value is -3.67. The Bertz CT molecular complexity index is 1120. The van der Waals surface area contributed by atoms with Crippen LogP contribution in [0.25, 0.3) is 33.6 Å². The average molecular weight is 401 g/mol. The highest BCUT2D eigenvalue weighted by Gasteiger charge is 2.21. The first-order chi connectivity index (χ1) is 14.8. The van der Waals surface area contributed by atoms with E-state index in [0.29, 0.717) is 37.5 Å². The molecule has 30 heavy (non-hydrogen) atoms. The van der Waals surface area contributed by atoms with Crippen molar-refractivity contribution in [1.82, 2.24) is 9.97 Å². The van der Waals surface area contributed by atoms with Crippen LogP contribution >= 0.6 is 0 Å². The van der Waals surface area contributed by atoms with Crippen LogP contribution in [0.15, 0.2) is 71.4 Å². The summed E-state index contributed by atoms with van der Waals surface area (Å²) in [6.45, 7) is 2.80. The lowest BCUT2D eigenvalue weighted by atomic mass is 9.99. The first-order valence-corrected chi connectivity index (χ1v) is 10.1.